The molecular formula is C23H22ClNO3. The molecule has 0 amide bonds. The molecule has 0 bridgehead atoms. The summed E-state index contributed by atoms with van der Waals surface area (Å²) in [5, 5.41) is 0.631. The predicted molar refractivity (Wildman–Crippen MR) is 109 cm³/mol. The first-order valence-electron chi connectivity index (χ1n) is 9.83. The molecular weight excluding hydrogens is 374 g/mol. The predicted octanol–water partition coefficient (Wildman–Crippen LogP) is 5.36. The number of ketones is 1. The minimum atomic E-state index is -0.0757. The number of rotatable bonds is 2. The van der Waals surface area contributed by atoms with E-state index in [4.69, 9.17) is 21.1 Å². The third-order valence-corrected chi connectivity index (χ3v) is 6.17. The summed E-state index contributed by atoms with van der Waals surface area (Å²) in [6.07, 6.45) is 6.75. The summed E-state index contributed by atoms with van der Waals surface area (Å²) < 4.78 is 12.2. The zero-order chi connectivity index (χ0) is 19.3. The Morgan fingerprint density at radius 3 is 2.82 bits per heavy atom. The second-order valence-corrected chi connectivity index (χ2v) is 8.26. The van der Waals surface area contributed by atoms with E-state index in [-0.39, 0.29) is 5.78 Å². The average Bonchev–Trinajstić information content (AvgIpc) is 3.31. The van der Waals surface area contributed by atoms with Crippen molar-refractivity contribution < 1.29 is 14.3 Å². The zero-order valence-electron chi connectivity index (χ0n) is 15.8. The van der Waals surface area contributed by atoms with E-state index < -0.39 is 0 Å². The van der Waals surface area contributed by atoms with Crippen molar-refractivity contribution in [2.45, 2.75) is 45.2 Å². The third-order valence-electron chi connectivity index (χ3n) is 5.94. The first kappa shape index (κ1) is 17.8. The second kappa shape index (κ2) is 6.94. The molecule has 0 saturated heterocycles. The summed E-state index contributed by atoms with van der Waals surface area (Å²) in [5.74, 6) is 1.76. The number of Topliss-reactive ketones (excluding diaryl/α,β-unsaturated/α-hetero) is 1. The number of halogens is 1. The van der Waals surface area contributed by atoms with E-state index in [0.29, 0.717) is 34.9 Å². The minimum absolute atomic E-state index is 0.0757. The number of nitrogens with zero attached hydrogens (tertiary/aromatic N) is 1. The van der Waals surface area contributed by atoms with Crippen molar-refractivity contribution in [2.24, 2.45) is 0 Å². The Hall–Kier alpha value is -2.30. The largest absolute Gasteiger partial charge is 0.478 e. The van der Waals surface area contributed by atoms with Crippen molar-refractivity contribution in [3.63, 3.8) is 0 Å². The normalized spacial score (nSPS) is 20.8. The lowest BCUT2D eigenvalue weighted by Crippen LogP contribution is -2.39. The van der Waals surface area contributed by atoms with E-state index in [1.165, 1.54) is 25.7 Å². The fourth-order valence-corrected chi connectivity index (χ4v) is 4.70. The molecule has 0 radical (unpaired) electrons. The van der Waals surface area contributed by atoms with Crippen LogP contribution in [0.1, 0.15) is 52.7 Å². The van der Waals surface area contributed by atoms with Crippen molar-refractivity contribution in [1.29, 1.82) is 0 Å². The van der Waals surface area contributed by atoms with Crippen LogP contribution in [0.25, 0.3) is 6.08 Å². The molecule has 0 aromatic heterocycles. The van der Waals surface area contributed by atoms with Gasteiger partial charge in [-0.3, -0.25) is 9.69 Å². The highest BCUT2D eigenvalue weighted by Gasteiger charge is 2.36. The number of carbonyl (C=O) groups excluding carboxylic acids is 1. The molecule has 0 spiro atoms. The van der Waals surface area contributed by atoms with E-state index in [2.05, 4.69) is 4.90 Å². The van der Waals surface area contributed by atoms with Crippen molar-refractivity contribution in [3.8, 4) is 11.5 Å². The Morgan fingerprint density at radius 2 is 2.04 bits per heavy atom. The SMILES string of the molecule is Cc1cc2c(c3c1C(=O)/C(=C/c1cccc(Cl)c1)O3)CN(C1CCCC1)CO2. The molecule has 1 aliphatic carbocycles. The summed E-state index contributed by atoms with van der Waals surface area (Å²) in [7, 11) is 0. The molecule has 2 aromatic carbocycles. The lowest BCUT2D eigenvalue weighted by Gasteiger charge is -2.34. The number of benzene rings is 2. The number of hydrogen-bond acceptors (Lipinski definition) is 4. The maximum absolute atomic E-state index is 13.0. The quantitative estimate of drug-likeness (QED) is 0.642. The highest BCUT2D eigenvalue weighted by molar-refractivity contribution is 6.30. The molecule has 2 heterocycles. The van der Waals surface area contributed by atoms with Crippen molar-refractivity contribution in [3.05, 3.63) is 63.4 Å². The van der Waals surface area contributed by atoms with Gasteiger partial charge in [0.15, 0.2) is 5.76 Å². The Bertz CT molecular complexity index is 992. The van der Waals surface area contributed by atoms with E-state index in [1.807, 2.05) is 37.3 Å². The van der Waals surface area contributed by atoms with Gasteiger partial charge in [0, 0.05) is 17.6 Å². The first-order valence-corrected chi connectivity index (χ1v) is 10.2. The van der Waals surface area contributed by atoms with Gasteiger partial charge in [-0.1, -0.05) is 36.6 Å². The highest BCUT2D eigenvalue weighted by atomic mass is 35.5. The molecule has 3 aliphatic rings. The number of hydrogen-bond donors (Lipinski definition) is 0. The molecule has 0 N–H and O–H groups in total. The molecule has 28 heavy (non-hydrogen) atoms. The number of carbonyl (C=O) groups is 1. The Kier molecular flexibility index (Phi) is 4.41. The number of allylic oxidation sites excluding steroid dienone is 1. The molecule has 5 heteroatoms. The van der Waals surface area contributed by atoms with Crippen LogP contribution < -0.4 is 9.47 Å². The van der Waals surface area contributed by atoms with Gasteiger partial charge in [-0.2, -0.15) is 0 Å². The maximum atomic E-state index is 13.0. The standard InChI is InChI=1S/C23H22ClNO3/c1-14-9-19-18(12-25(13-27-19)17-7-2-3-8-17)23-21(14)22(26)20(28-23)11-15-5-4-6-16(24)10-15/h4-6,9-11,17H,2-3,7-8,12-13H2,1H3/b20-11-. The summed E-state index contributed by atoms with van der Waals surface area (Å²) in [5.41, 5.74) is 3.38. The van der Waals surface area contributed by atoms with E-state index in [9.17, 15) is 4.79 Å². The van der Waals surface area contributed by atoms with Gasteiger partial charge in [-0.25, -0.2) is 0 Å². The van der Waals surface area contributed by atoms with Crippen LogP contribution in [0.3, 0.4) is 0 Å². The van der Waals surface area contributed by atoms with Crippen molar-refractivity contribution in [1.82, 2.24) is 4.90 Å². The Balaban J connectivity index is 1.52. The maximum Gasteiger partial charge on any atom is 0.232 e. The number of aryl methyl sites for hydroxylation is 1. The van der Waals surface area contributed by atoms with Gasteiger partial charge in [0.1, 0.15) is 18.2 Å². The van der Waals surface area contributed by atoms with Gasteiger partial charge in [0.25, 0.3) is 0 Å². The molecule has 1 fully saturated rings. The zero-order valence-corrected chi connectivity index (χ0v) is 16.6. The molecule has 0 unspecified atom stereocenters. The topological polar surface area (TPSA) is 38.8 Å². The molecule has 0 atom stereocenters. The molecule has 5 rings (SSSR count). The molecule has 1 saturated carbocycles. The number of fused-ring (bicyclic) bond motifs is 3. The Morgan fingerprint density at radius 1 is 1.21 bits per heavy atom. The highest BCUT2D eigenvalue weighted by Crippen LogP contribution is 2.45. The lowest BCUT2D eigenvalue weighted by atomic mass is 9.98. The molecule has 144 valence electrons. The Labute approximate surface area is 169 Å². The van der Waals surface area contributed by atoms with E-state index in [0.717, 1.165) is 29.0 Å². The first-order chi connectivity index (χ1) is 13.6. The second-order valence-electron chi connectivity index (χ2n) is 7.83. The van der Waals surface area contributed by atoms with Crippen LogP contribution in [0.4, 0.5) is 0 Å². The average molecular weight is 396 g/mol. The summed E-state index contributed by atoms with van der Waals surface area (Å²) >= 11 is 6.08. The van der Waals surface area contributed by atoms with Crippen LogP contribution in [0.5, 0.6) is 11.5 Å². The van der Waals surface area contributed by atoms with Crippen LogP contribution in [0.15, 0.2) is 36.1 Å². The molecule has 4 nitrogen and oxygen atoms in total. The van der Waals surface area contributed by atoms with Crippen molar-refractivity contribution in [2.75, 3.05) is 6.73 Å². The minimum Gasteiger partial charge on any atom is -0.478 e. The van der Waals surface area contributed by atoms with Gasteiger partial charge in [0.05, 0.1) is 11.1 Å². The van der Waals surface area contributed by atoms with E-state index >= 15 is 0 Å². The van der Waals surface area contributed by atoms with Gasteiger partial charge in [-0.05, 0) is 55.2 Å². The van der Waals surface area contributed by atoms with Crippen LogP contribution in [-0.4, -0.2) is 23.5 Å². The lowest BCUT2D eigenvalue weighted by molar-refractivity contribution is 0.0567. The fraction of sp³-hybridized carbons (Fsp3) is 0.348. The smallest absolute Gasteiger partial charge is 0.232 e. The monoisotopic (exact) mass is 395 g/mol. The molecule has 2 aromatic rings. The van der Waals surface area contributed by atoms with Gasteiger partial charge in [-0.15, -0.1) is 0 Å². The van der Waals surface area contributed by atoms with Crippen LogP contribution >= 0.6 is 11.6 Å². The summed E-state index contributed by atoms with van der Waals surface area (Å²) in [6, 6.07) is 9.94. The van der Waals surface area contributed by atoms with Crippen molar-refractivity contribution >= 4 is 23.5 Å². The van der Waals surface area contributed by atoms with Gasteiger partial charge >= 0.3 is 0 Å². The van der Waals surface area contributed by atoms with Gasteiger partial charge in [0.2, 0.25) is 5.78 Å². The van der Waals surface area contributed by atoms with Crippen LogP contribution in [-0.2, 0) is 6.54 Å². The van der Waals surface area contributed by atoms with Gasteiger partial charge < -0.3 is 9.47 Å². The van der Waals surface area contributed by atoms with Crippen LogP contribution in [0, 0.1) is 6.92 Å². The van der Waals surface area contributed by atoms with Crippen LogP contribution in [0.2, 0.25) is 5.02 Å². The third kappa shape index (κ3) is 3.01. The summed E-state index contributed by atoms with van der Waals surface area (Å²) in [6.45, 7) is 3.31. The fourth-order valence-electron chi connectivity index (χ4n) is 4.50. The van der Waals surface area contributed by atoms with E-state index in [1.54, 1.807) is 6.08 Å². The molecule has 2 aliphatic heterocycles. The summed E-state index contributed by atoms with van der Waals surface area (Å²) in [4.78, 5) is 15.4. The number of ether oxygens (including phenoxy) is 2.